The van der Waals surface area contributed by atoms with Gasteiger partial charge >= 0.3 is 6.43 Å². The predicted molar refractivity (Wildman–Crippen MR) is 152 cm³/mol. The number of amides is 1. The Hall–Kier alpha value is -4.52. The smallest absolute Gasteiger partial charge is 0.314 e. The molecule has 0 unspecified atom stereocenters. The zero-order chi connectivity index (χ0) is 29.9. The Morgan fingerprint density at radius 1 is 1.07 bits per heavy atom. The molecule has 4 heterocycles. The number of hydrogen-bond acceptors (Lipinski definition) is 9. The fraction of sp³-hybridized carbons (Fsp3) is 0.367. The number of aromatic nitrogens is 4. The Morgan fingerprint density at radius 3 is 2.51 bits per heavy atom. The van der Waals surface area contributed by atoms with Crippen LogP contribution in [-0.4, -0.2) is 70.8 Å². The molecule has 0 N–H and O–H groups in total. The lowest BCUT2D eigenvalue weighted by Crippen LogP contribution is -2.52. The highest BCUT2D eigenvalue weighted by Gasteiger charge is 2.28. The van der Waals surface area contributed by atoms with Crippen molar-refractivity contribution in [2.45, 2.75) is 38.3 Å². The molecule has 2 fully saturated rings. The maximum atomic E-state index is 15.6. The number of methoxy groups -OCH3 is 1. The van der Waals surface area contributed by atoms with Crippen LogP contribution in [0.2, 0.25) is 0 Å². The van der Waals surface area contributed by atoms with E-state index < -0.39 is 18.1 Å². The number of piperazine rings is 1. The van der Waals surface area contributed by atoms with Gasteiger partial charge in [0.05, 0.1) is 30.6 Å². The minimum Gasteiger partial charge on any atom is -0.495 e. The van der Waals surface area contributed by atoms with E-state index in [0.717, 1.165) is 32.0 Å². The summed E-state index contributed by atoms with van der Waals surface area (Å²) in [5, 5.41) is 6.91. The van der Waals surface area contributed by atoms with E-state index in [1.165, 1.54) is 43.5 Å². The number of benzene rings is 1. The molecule has 1 saturated heterocycles. The Morgan fingerprint density at radius 2 is 1.88 bits per heavy atom. The first-order chi connectivity index (χ1) is 20.9. The maximum absolute atomic E-state index is 15.6. The minimum atomic E-state index is -2.88. The second-order valence-electron chi connectivity index (χ2n) is 10.5. The summed E-state index contributed by atoms with van der Waals surface area (Å²) in [6.07, 6.45) is 4.61. The summed E-state index contributed by atoms with van der Waals surface area (Å²) in [5.41, 5.74) is 2.00. The Bertz CT molecular complexity index is 1570. The second-order valence-corrected chi connectivity index (χ2v) is 10.5. The van der Waals surface area contributed by atoms with Gasteiger partial charge in [-0.3, -0.25) is 14.7 Å². The van der Waals surface area contributed by atoms with Gasteiger partial charge in [0.1, 0.15) is 17.4 Å². The number of alkyl halides is 2. The van der Waals surface area contributed by atoms with Crippen molar-refractivity contribution in [3.05, 3.63) is 66.2 Å². The number of halogens is 3. The summed E-state index contributed by atoms with van der Waals surface area (Å²) in [6.45, 7) is 3.71. The van der Waals surface area contributed by atoms with Crippen LogP contribution < -0.4 is 14.5 Å². The number of rotatable bonds is 10. The SMILES string of the molecule is COc1cc(-c2ccnc(N3CCN(C4CCC4)CC3)c2)c(F)cc1N(C=O)Cc1ccc(-c2nnc(C(F)F)o2)cn1. The summed E-state index contributed by atoms with van der Waals surface area (Å²) in [5.74, 6) is -0.310. The topological polar surface area (TPSA) is 101 Å². The molecule has 10 nitrogen and oxygen atoms in total. The van der Waals surface area contributed by atoms with Crippen LogP contribution in [0.15, 0.2) is 53.2 Å². The van der Waals surface area contributed by atoms with Crippen molar-refractivity contribution < 1.29 is 27.1 Å². The number of carbonyl (C=O) groups excluding carboxylic acids is 1. The molecule has 13 heteroatoms. The van der Waals surface area contributed by atoms with Crippen LogP contribution in [0.3, 0.4) is 0 Å². The van der Waals surface area contributed by atoms with E-state index in [9.17, 15) is 13.6 Å². The average molecular weight is 594 g/mol. The monoisotopic (exact) mass is 593 g/mol. The number of carbonyl (C=O) groups is 1. The first-order valence-corrected chi connectivity index (χ1v) is 14.0. The largest absolute Gasteiger partial charge is 0.495 e. The summed E-state index contributed by atoms with van der Waals surface area (Å²) >= 11 is 0. The highest BCUT2D eigenvalue weighted by atomic mass is 19.3. The van der Waals surface area contributed by atoms with Gasteiger partial charge in [-0.1, -0.05) is 6.42 Å². The Kier molecular flexibility index (Phi) is 8.23. The van der Waals surface area contributed by atoms with E-state index in [2.05, 4.69) is 30.0 Å². The molecule has 2 aliphatic rings. The highest BCUT2D eigenvalue weighted by Crippen LogP contribution is 2.37. The number of anilines is 2. The normalized spacial score (nSPS) is 15.9. The van der Waals surface area contributed by atoms with E-state index in [1.807, 2.05) is 6.07 Å². The van der Waals surface area contributed by atoms with Crippen molar-refractivity contribution in [2.75, 3.05) is 43.1 Å². The molecule has 6 rings (SSSR count). The molecule has 1 aliphatic carbocycles. The summed E-state index contributed by atoms with van der Waals surface area (Å²) in [4.78, 5) is 27.0. The van der Waals surface area contributed by atoms with Gasteiger partial charge in [0.2, 0.25) is 12.3 Å². The Labute approximate surface area is 246 Å². The lowest BCUT2D eigenvalue weighted by Gasteiger charge is -2.43. The molecule has 43 heavy (non-hydrogen) atoms. The van der Waals surface area contributed by atoms with Crippen LogP contribution in [0, 0.1) is 5.82 Å². The number of pyridine rings is 2. The van der Waals surface area contributed by atoms with Crippen molar-refractivity contribution in [3.8, 4) is 28.3 Å². The molecule has 1 amide bonds. The molecular formula is C30H30F3N7O3. The van der Waals surface area contributed by atoms with Gasteiger partial charge in [-0.2, -0.15) is 8.78 Å². The lowest BCUT2D eigenvalue weighted by atomic mass is 9.91. The van der Waals surface area contributed by atoms with Gasteiger partial charge in [-0.15, -0.1) is 10.2 Å². The molecule has 0 atom stereocenters. The zero-order valence-corrected chi connectivity index (χ0v) is 23.5. The molecule has 1 saturated carbocycles. The lowest BCUT2D eigenvalue weighted by molar-refractivity contribution is -0.107. The number of ether oxygens (including phenoxy) is 1. The molecule has 224 valence electrons. The molecule has 0 bridgehead atoms. The quantitative estimate of drug-likeness (QED) is 0.232. The summed E-state index contributed by atoms with van der Waals surface area (Å²) < 4.78 is 51.7. The molecule has 1 aliphatic heterocycles. The predicted octanol–water partition coefficient (Wildman–Crippen LogP) is 5.12. The van der Waals surface area contributed by atoms with E-state index in [0.29, 0.717) is 40.6 Å². The highest BCUT2D eigenvalue weighted by molar-refractivity contribution is 5.82. The van der Waals surface area contributed by atoms with E-state index in [1.54, 1.807) is 30.5 Å². The van der Waals surface area contributed by atoms with Crippen LogP contribution in [0.25, 0.3) is 22.6 Å². The van der Waals surface area contributed by atoms with Crippen molar-refractivity contribution >= 4 is 17.9 Å². The third kappa shape index (κ3) is 6.03. The van der Waals surface area contributed by atoms with E-state index in [-0.39, 0.29) is 18.1 Å². The maximum Gasteiger partial charge on any atom is 0.314 e. The summed E-state index contributed by atoms with van der Waals surface area (Å²) in [6, 6.07) is 10.3. The average Bonchev–Trinajstić information content (AvgIpc) is 3.51. The van der Waals surface area contributed by atoms with Crippen LogP contribution in [-0.2, 0) is 11.3 Å². The van der Waals surface area contributed by atoms with E-state index >= 15 is 4.39 Å². The minimum absolute atomic E-state index is 0.00269. The van der Waals surface area contributed by atoms with Crippen molar-refractivity contribution in [2.24, 2.45) is 0 Å². The van der Waals surface area contributed by atoms with Gasteiger partial charge in [0.15, 0.2) is 0 Å². The Balaban J connectivity index is 1.19. The summed E-state index contributed by atoms with van der Waals surface area (Å²) in [7, 11) is 1.45. The molecule has 0 spiro atoms. The van der Waals surface area contributed by atoms with Gasteiger partial charge in [0, 0.05) is 56.2 Å². The van der Waals surface area contributed by atoms with Gasteiger partial charge < -0.3 is 19.0 Å². The first kappa shape index (κ1) is 28.6. The molecule has 3 aromatic heterocycles. The van der Waals surface area contributed by atoms with E-state index in [4.69, 9.17) is 9.15 Å². The van der Waals surface area contributed by atoms with Crippen LogP contribution in [0.1, 0.15) is 37.3 Å². The van der Waals surface area contributed by atoms with Crippen molar-refractivity contribution in [1.82, 2.24) is 25.1 Å². The third-order valence-corrected chi connectivity index (χ3v) is 8.02. The van der Waals surface area contributed by atoms with Gasteiger partial charge in [0.25, 0.3) is 5.89 Å². The number of hydrogen-bond donors (Lipinski definition) is 0. The van der Waals surface area contributed by atoms with Crippen LogP contribution in [0.4, 0.5) is 24.7 Å². The van der Waals surface area contributed by atoms with Gasteiger partial charge in [-0.25, -0.2) is 9.37 Å². The zero-order valence-electron chi connectivity index (χ0n) is 23.5. The fourth-order valence-electron chi connectivity index (χ4n) is 5.42. The molecule has 1 aromatic carbocycles. The third-order valence-electron chi connectivity index (χ3n) is 8.02. The van der Waals surface area contributed by atoms with Crippen molar-refractivity contribution in [3.63, 3.8) is 0 Å². The molecule has 0 radical (unpaired) electrons. The number of nitrogens with zero attached hydrogens (tertiary/aromatic N) is 7. The van der Waals surface area contributed by atoms with Crippen LogP contribution in [0.5, 0.6) is 5.75 Å². The second kappa shape index (κ2) is 12.4. The van der Waals surface area contributed by atoms with Crippen molar-refractivity contribution in [1.29, 1.82) is 0 Å². The first-order valence-electron chi connectivity index (χ1n) is 14.0. The molecular weight excluding hydrogens is 563 g/mol. The van der Waals surface area contributed by atoms with Crippen LogP contribution >= 0.6 is 0 Å². The fourth-order valence-corrected chi connectivity index (χ4v) is 5.42. The van der Waals surface area contributed by atoms with Gasteiger partial charge in [-0.05, 0) is 48.7 Å². The standard InChI is InChI=1S/C30H30F3N7O3/c1-42-26-14-23(19-7-8-34-27(13-19)39-11-9-38(10-12-39)22-3-2-4-22)24(31)15-25(26)40(18-41)17-21-6-5-20(16-35-21)29-36-37-30(43-29)28(32)33/h5-8,13-16,18,22,28H,2-4,9-12,17H2,1H3. The molecule has 4 aromatic rings.